The van der Waals surface area contributed by atoms with Gasteiger partial charge in [-0.15, -0.1) is 0 Å². The van der Waals surface area contributed by atoms with Crippen molar-refractivity contribution in [2.45, 2.75) is 68.5 Å². The third kappa shape index (κ3) is 3.58. The van der Waals surface area contributed by atoms with Crippen LogP contribution in [0.1, 0.15) is 13.3 Å². The molecule has 130 valence electrons. The average Bonchev–Trinajstić information content (AvgIpc) is 2.51. The van der Waals surface area contributed by atoms with Crippen molar-refractivity contribution in [2.24, 2.45) is 0 Å². The van der Waals surface area contributed by atoms with Crippen molar-refractivity contribution in [3.05, 3.63) is 0 Å². The van der Waals surface area contributed by atoms with Gasteiger partial charge in [-0.2, -0.15) is 0 Å². The summed E-state index contributed by atoms with van der Waals surface area (Å²) in [4.78, 5) is 0. The van der Waals surface area contributed by atoms with E-state index in [2.05, 4.69) is 0 Å². The van der Waals surface area contributed by atoms with Gasteiger partial charge >= 0.3 is 0 Å². The Kier molecular flexibility index (Phi) is 6.11. The van der Waals surface area contributed by atoms with Crippen molar-refractivity contribution in [1.82, 2.24) is 0 Å². The molecule has 9 nitrogen and oxygen atoms in total. The number of aliphatic hydroxyl groups excluding tert-OH is 6. The normalized spacial score (nSPS) is 50.0. The van der Waals surface area contributed by atoms with Crippen LogP contribution in [0, 0.1) is 0 Å². The molecule has 0 aliphatic carbocycles. The van der Waals surface area contributed by atoms with E-state index in [0.717, 1.165) is 0 Å². The van der Waals surface area contributed by atoms with Crippen LogP contribution >= 0.6 is 0 Å². The number of rotatable bonds is 4. The Labute approximate surface area is 127 Å². The summed E-state index contributed by atoms with van der Waals surface area (Å²) < 4.78 is 16.2. The predicted octanol–water partition coefficient (Wildman–Crippen LogP) is -3.30. The van der Waals surface area contributed by atoms with Crippen LogP contribution in [-0.2, 0) is 14.2 Å². The maximum absolute atomic E-state index is 9.92. The van der Waals surface area contributed by atoms with Crippen molar-refractivity contribution >= 4 is 0 Å². The maximum Gasteiger partial charge on any atom is 0.187 e. The third-order valence-corrected chi connectivity index (χ3v) is 4.16. The highest BCUT2D eigenvalue weighted by Gasteiger charge is 2.46. The SMILES string of the molecule is C[C@@H]1O[C@H](CO)[C@@H](O[C@@H]2O[C@H](CO)[C@H](O)[C@H](O)[C@H]2O)C[C@H]1O. The largest absolute Gasteiger partial charge is 0.394 e. The molecular formula is C13H24O9. The van der Waals surface area contributed by atoms with Crippen molar-refractivity contribution in [3.63, 3.8) is 0 Å². The van der Waals surface area contributed by atoms with E-state index in [-0.39, 0.29) is 13.0 Å². The van der Waals surface area contributed by atoms with Gasteiger partial charge in [0.05, 0.1) is 31.5 Å². The first-order valence-corrected chi connectivity index (χ1v) is 7.29. The van der Waals surface area contributed by atoms with E-state index in [0.29, 0.717) is 0 Å². The summed E-state index contributed by atoms with van der Waals surface area (Å²) in [6, 6.07) is 0. The zero-order valence-electron chi connectivity index (χ0n) is 12.2. The molecule has 0 spiro atoms. The Hall–Kier alpha value is -0.360. The summed E-state index contributed by atoms with van der Waals surface area (Å²) in [5.74, 6) is 0. The summed E-state index contributed by atoms with van der Waals surface area (Å²) in [5.41, 5.74) is 0. The number of hydrogen-bond donors (Lipinski definition) is 6. The quantitative estimate of drug-likeness (QED) is 0.313. The summed E-state index contributed by atoms with van der Waals surface area (Å²) >= 11 is 0. The van der Waals surface area contributed by atoms with Gasteiger partial charge in [0.15, 0.2) is 6.29 Å². The molecule has 0 aromatic rings. The zero-order chi connectivity index (χ0) is 16.4. The molecular weight excluding hydrogens is 300 g/mol. The van der Waals surface area contributed by atoms with Crippen LogP contribution in [0.25, 0.3) is 0 Å². The molecule has 0 aromatic heterocycles. The van der Waals surface area contributed by atoms with Gasteiger partial charge in [0.25, 0.3) is 0 Å². The van der Waals surface area contributed by atoms with Crippen molar-refractivity contribution in [1.29, 1.82) is 0 Å². The van der Waals surface area contributed by atoms with E-state index in [1.807, 2.05) is 0 Å². The molecule has 0 unspecified atom stereocenters. The smallest absolute Gasteiger partial charge is 0.187 e. The van der Waals surface area contributed by atoms with Crippen molar-refractivity contribution < 1.29 is 44.8 Å². The second kappa shape index (κ2) is 7.47. The van der Waals surface area contributed by atoms with Gasteiger partial charge in [0.2, 0.25) is 0 Å². The topological polar surface area (TPSA) is 149 Å². The monoisotopic (exact) mass is 324 g/mol. The fourth-order valence-corrected chi connectivity index (χ4v) is 2.69. The molecule has 0 bridgehead atoms. The average molecular weight is 324 g/mol. The molecule has 0 radical (unpaired) electrons. The van der Waals surface area contributed by atoms with Crippen LogP contribution in [0.4, 0.5) is 0 Å². The lowest BCUT2D eigenvalue weighted by Gasteiger charge is -2.43. The third-order valence-electron chi connectivity index (χ3n) is 4.16. The first kappa shape index (κ1) is 18.0. The second-order valence-electron chi connectivity index (χ2n) is 5.74. The molecule has 2 heterocycles. The molecule has 9 heteroatoms. The molecule has 6 N–H and O–H groups in total. The first-order chi connectivity index (χ1) is 10.4. The molecule has 22 heavy (non-hydrogen) atoms. The zero-order valence-corrected chi connectivity index (χ0v) is 12.2. The summed E-state index contributed by atoms with van der Waals surface area (Å²) in [6.45, 7) is 0.756. The van der Waals surface area contributed by atoms with Crippen LogP contribution in [0.15, 0.2) is 0 Å². The lowest BCUT2D eigenvalue weighted by molar-refractivity contribution is -0.328. The number of aliphatic hydroxyl groups is 6. The van der Waals surface area contributed by atoms with Gasteiger partial charge in [0.1, 0.15) is 30.5 Å². The highest BCUT2D eigenvalue weighted by molar-refractivity contribution is 4.91. The maximum atomic E-state index is 9.92. The summed E-state index contributed by atoms with van der Waals surface area (Å²) in [7, 11) is 0. The minimum atomic E-state index is -1.54. The number of hydrogen-bond acceptors (Lipinski definition) is 9. The molecule has 2 fully saturated rings. The van der Waals surface area contributed by atoms with Gasteiger partial charge in [-0.05, 0) is 6.92 Å². The van der Waals surface area contributed by atoms with E-state index >= 15 is 0 Å². The van der Waals surface area contributed by atoms with E-state index < -0.39 is 61.7 Å². The van der Waals surface area contributed by atoms with Gasteiger partial charge < -0.3 is 44.8 Å². The van der Waals surface area contributed by atoms with Crippen LogP contribution in [0.5, 0.6) is 0 Å². The Morgan fingerprint density at radius 1 is 0.909 bits per heavy atom. The lowest BCUT2D eigenvalue weighted by atomic mass is 9.97. The van der Waals surface area contributed by atoms with Crippen molar-refractivity contribution in [2.75, 3.05) is 13.2 Å². The predicted molar refractivity (Wildman–Crippen MR) is 70.7 cm³/mol. The fourth-order valence-electron chi connectivity index (χ4n) is 2.69. The standard InChI is InChI=1S/C13H24O9/c1-5-6(16)2-7(8(3-14)20-5)21-13-12(19)11(18)10(17)9(4-15)22-13/h5-19H,2-4H2,1H3/t5-,6+,7-,8+,9+,10-,11-,12+,13+/m0/s1. The van der Waals surface area contributed by atoms with Gasteiger partial charge in [-0.3, -0.25) is 0 Å². The van der Waals surface area contributed by atoms with Crippen LogP contribution in [-0.4, -0.2) is 99.0 Å². The van der Waals surface area contributed by atoms with E-state index in [1.54, 1.807) is 6.92 Å². The molecule has 0 amide bonds. The highest BCUT2D eigenvalue weighted by atomic mass is 16.7. The van der Waals surface area contributed by atoms with E-state index in [9.17, 15) is 25.5 Å². The van der Waals surface area contributed by atoms with Gasteiger partial charge in [-0.25, -0.2) is 0 Å². The van der Waals surface area contributed by atoms with E-state index in [4.69, 9.17) is 19.3 Å². The minimum absolute atomic E-state index is 0.154. The van der Waals surface area contributed by atoms with E-state index in [1.165, 1.54) is 0 Å². The molecule has 9 atom stereocenters. The van der Waals surface area contributed by atoms with Gasteiger partial charge in [-0.1, -0.05) is 0 Å². The highest BCUT2D eigenvalue weighted by Crippen LogP contribution is 2.28. The first-order valence-electron chi connectivity index (χ1n) is 7.29. The fraction of sp³-hybridized carbons (Fsp3) is 1.00. The van der Waals surface area contributed by atoms with Crippen LogP contribution in [0.3, 0.4) is 0 Å². The molecule has 2 aliphatic rings. The Bertz CT molecular complexity index is 352. The lowest BCUT2D eigenvalue weighted by Crippen LogP contribution is -2.61. The summed E-state index contributed by atoms with van der Waals surface area (Å²) in [5, 5.41) is 57.6. The Morgan fingerprint density at radius 2 is 1.55 bits per heavy atom. The van der Waals surface area contributed by atoms with Crippen LogP contribution < -0.4 is 0 Å². The van der Waals surface area contributed by atoms with Crippen LogP contribution in [0.2, 0.25) is 0 Å². The molecule has 2 aliphatic heterocycles. The molecule has 0 saturated carbocycles. The molecule has 2 rings (SSSR count). The minimum Gasteiger partial charge on any atom is -0.394 e. The Morgan fingerprint density at radius 3 is 2.14 bits per heavy atom. The summed E-state index contributed by atoms with van der Waals surface area (Å²) in [6.07, 6.45) is -9.55. The molecule has 2 saturated heterocycles. The second-order valence-corrected chi connectivity index (χ2v) is 5.74. The van der Waals surface area contributed by atoms with Gasteiger partial charge in [0, 0.05) is 6.42 Å². The van der Waals surface area contributed by atoms with Crippen molar-refractivity contribution in [3.8, 4) is 0 Å². The number of ether oxygens (including phenoxy) is 3. The molecule has 0 aromatic carbocycles. The Balaban J connectivity index is 2.04.